The number of nitrogens with zero attached hydrogens (tertiary/aromatic N) is 1. The molecule has 0 saturated carbocycles. The number of fused-ring (bicyclic) bond motifs is 1. The number of aromatic nitrogens is 1. The average Bonchev–Trinajstić information content (AvgIpc) is 3.34. The monoisotopic (exact) mass is 392 g/mol. The Bertz CT molecular complexity index is 1060. The van der Waals surface area contributed by atoms with Crippen LogP contribution in [0.4, 0.5) is 5.69 Å². The van der Waals surface area contributed by atoms with Crippen LogP contribution in [0.3, 0.4) is 0 Å². The summed E-state index contributed by atoms with van der Waals surface area (Å²) in [6, 6.07) is 13.8. The molecule has 1 aliphatic heterocycles. The number of carbonyl (C=O) groups excluding carboxylic acids is 2. The second-order valence-electron chi connectivity index (χ2n) is 6.78. The lowest BCUT2D eigenvalue weighted by molar-refractivity contribution is 0.0526. The molecule has 0 aliphatic carbocycles. The van der Waals surface area contributed by atoms with Crippen molar-refractivity contribution in [3.63, 3.8) is 0 Å². The summed E-state index contributed by atoms with van der Waals surface area (Å²) < 4.78 is 16.0. The zero-order valence-corrected chi connectivity index (χ0v) is 16.1. The minimum Gasteiger partial charge on any atom is -0.490 e. The molecule has 7 nitrogen and oxygen atoms in total. The van der Waals surface area contributed by atoms with E-state index >= 15 is 0 Å². The van der Waals surface area contributed by atoms with E-state index in [1.165, 1.54) is 0 Å². The fourth-order valence-electron chi connectivity index (χ4n) is 3.19. The van der Waals surface area contributed by atoms with Crippen molar-refractivity contribution in [2.24, 2.45) is 0 Å². The van der Waals surface area contributed by atoms with Gasteiger partial charge in [-0.2, -0.15) is 0 Å². The molecule has 7 heteroatoms. The van der Waals surface area contributed by atoms with E-state index in [1.54, 1.807) is 37.3 Å². The molecule has 29 heavy (non-hydrogen) atoms. The van der Waals surface area contributed by atoms with Crippen LogP contribution in [0, 0.1) is 0 Å². The predicted molar refractivity (Wildman–Crippen MR) is 106 cm³/mol. The first-order valence-electron chi connectivity index (χ1n) is 9.38. The molecule has 0 spiro atoms. The van der Waals surface area contributed by atoms with Gasteiger partial charge in [0.25, 0.3) is 5.91 Å². The molecular weight excluding hydrogens is 372 g/mol. The highest BCUT2D eigenvalue weighted by molar-refractivity contribution is 6.03. The Morgan fingerprint density at radius 2 is 1.97 bits per heavy atom. The number of hydrogen-bond acceptors (Lipinski definition) is 6. The van der Waals surface area contributed by atoms with E-state index in [2.05, 4.69) is 10.5 Å². The molecular formula is C22H20N2O5. The van der Waals surface area contributed by atoms with Crippen molar-refractivity contribution in [2.75, 3.05) is 11.9 Å². The van der Waals surface area contributed by atoms with Gasteiger partial charge < -0.3 is 19.3 Å². The molecule has 2 heterocycles. The third-order valence-corrected chi connectivity index (χ3v) is 4.58. The van der Waals surface area contributed by atoms with E-state index in [9.17, 15) is 9.59 Å². The quantitative estimate of drug-likeness (QED) is 0.658. The van der Waals surface area contributed by atoms with Crippen LogP contribution in [-0.2, 0) is 11.2 Å². The first kappa shape index (κ1) is 18.7. The van der Waals surface area contributed by atoms with Gasteiger partial charge in [-0.05, 0) is 61.9 Å². The number of hydrogen-bond donors (Lipinski definition) is 1. The lowest BCUT2D eigenvalue weighted by Crippen LogP contribution is -2.12. The summed E-state index contributed by atoms with van der Waals surface area (Å²) in [5.74, 6) is 0.586. The molecule has 0 radical (unpaired) electrons. The number of benzene rings is 2. The van der Waals surface area contributed by atoms with E-state index in [0.29, 0.717) is 23.6 Å². The van der Waals surface area contributed by atoms with Gasteiger partial charge >= 0.3 is 5.97 Å². The van der Waals surface area contributed by atoms with Crippen LogP contribution in [0.1, 0.15) is 40.3 Å². The van der Waals surface area contributed by atoms with E-state index in [0.717, 1.165) is 23.3 Å². The molecule has 0 saturated heterocycles. The number of nitrogens with one attached hydrogen (secondary N) is 1. The largest absolute Gasteiger partial charge is 0.490 e. The number of carbonyl (C=O) groups is 2. The van der Waals surface area contributed by atoms with E-state index in [1.807, 2.05) is 25.1 Å². The first-order valence-corrected chi connectivity index (χ1v) is 9.38. The lowest BCUT2D eigenvalue weighted by atomic mass is 10.1. The Balaban J connectivity index is 1.45. The van der Waals surface area contributed by atoms with Crippen molar-refractivity contribution in [3.05, 3.63) is 65.4 Å². The number of anilines is 1. The Morgan fingerprint density at radius 3 is 2.72 bits per heavy atom. The molecule has 1 N–H and O–H groups in total. The van der Waals surface area contributed by atoms with Crippen LogP contribution in [0.15, 0.2) is 53.1 Å². The zero-order chi connectivity index (χ0) is 20.4. The van der Waals surface area contributed by atoms with Gasteiger partial charge in [-0.1, -0.05) is 5.16 Å². The number of amides is 1. The highest BCUT2D eigenvalue weighted by atomic mass is 16.5. The van der Waals surface area contributed by atoms with Crippen molar-refractivity contribution < 1.29 is 23.6 Å². The first-order chi connectivity index (χ1) is 14.0. The molecule has 1 atom stereocenters. The Morgan fingerprint density at radius 1 is 1.17 bits per heavy atom. The molecule has 0 bridgehead atoms. The zero-order valence-electron chi connectivity index (χ0n) is 16.1. The van der Waals surface area contributed by atoms with Crippen molar-refractivity contribution in [1.82, 2.24) is 5.16 Å². The second-order valence-corrected chi connectivity index (χ2v) is 6.78. The molecule has 1 aromatic heterocycles. The molecule has 1 unspecified atom stereocenters. The smallest absolute Gasteiger partial charge is 0.338 e. The summed E-state index contributed by atoms with van der Waals surface area (Å²) in [6.07, 6.45) is 0.999. The summed E-state index contributed by atoms with van der Waals surface area (Å²) >= 11 is 0. The summed E-state index contributed by atoms with van der Waals surface area (Å²) in [6.45, 7) is 4.08. The van der Waals surface area contributed by atoms with E-state index in [-0.39, 0.29) is 11.8 Å². The molecule has 148 valence electrons. The van der Waals surface area contributed by atoms with Crippen molar-refractivity contribution in [1.29, 1.82) is 0 Å². The molecule has 0 fully saturated rings. The van der Waals surface area contributed by atoms with Crippen LogP contribution in [0.25, 0.3) is 11.3 Å². The number of esters is 1. The molecule has 2 aromatic carbocycles. The SMILES string of the molecule is CCOC(=O)c1ccc(NC(=O)c2cc(-c3ccc4c(c3)CC(C)O4)on2)cc1. The van der Waals surface area contributed by atoms with Crippen LogP contribution < -0.4 is 10.1 Å². The average molecular weight is 392 g/mol. The van der Waals surface area contributed by atoms with Crippen LogP contribution in [0.5, 0.6) is 5.75 Å². The normalized spacial score (nSPS) is 14.8. The third-order valence-electron chi connectivity index (χ3n) is 4.58. The molecule has 1 aliphatic rings. The Labute approximate surface area is 167 Å². The lowest BCUT2D eigenvalue weighted by Gasteiger charge is -2.05. The fraction of sp³-hybridized carbons (Fsp3) is 0.227. The van der Waals surface area contributed by atoms with E-state index in [4.69, 9.17) is 14.0 Å². The second kappa shape index (κ2) is 7.79. The van der Waals surface area contributed by atoms with Gasteiger partial charge in [0, 0.05) is 23.7 Å². The highest BCUT2D eigenvalue weighted by Crippen LogP contribution is 2.33. The molecule has 1 amide bonds. The fourth-order valence-corrected chi connectivity index (χ4v) is 3.19. The summed E-state index contributed by atoms with van der Waals surface area (Å²) in [5, 5.41) is 6.61. The minimum absolute atomic E-state index is 0.159. The van der Waals surface area contributed by atoms with Crippen molar-refractivity contribution >= 4 is 17.6 Å². The van der Waals surface area contributed by atoms with Gasteiger partial charge in [-0.3, -0.25) is 4.79 Å². The summed E-state index contributed by atoms with van der Waals surface area (Å²) in [5.41, 5.74) is 3.07. The maximum absolute atomic E-state index is 12.5. The van der Waals surface area contributed by atoms with Gasteiger partial charge in [0.2, 0.25) is 0 Å². The predicted octanol–water partition coefficient (Wildman–Crippen LogP) is 4.09. The Kier molecular flexibility index (Phi) is 5.03. The summed E-state index contributed by atoms with van der Waals surface area (Å²) in [7, 11) is 0. The number of rotatable bonds is 5. The highest BCUT2D eigenvalue weighted by Gasteiger charge is 2.21. The van der Waals surface area contributed by atoms with Crippen molar-refractivity contribution in [3.8, 4) is 17.1 Å². The topological polar surface area (TPSA) is 90.7 Å². The van der Waals surface area contributed by atoms with Gasteiger partial charge in [0.15, 0.2) is 11.5 Å². The van der Waals surface area contributed by atoms with Crippen LogP contribution >= 0.6 is 0 Å². The minimum atomic E-state index is -0.402. The molecule has 4 rings (SSSR count). The van der Waals surface area contributed by atoms with Crippen LogP contribution in [0.2, 0.25) is 0 Å². The maximum atomic E-state index is 12.5. The molecule has 3 aromatic rings. The van der Waals surface area contributed by atoms with Crippen LogP contribution in [-0.4, -0.2) is 29.7 Å². The van der Waals surface area contributed by atoms with Gasteiger partial charge in [0.05, 0.1) is 12.2 Å². The summed E-state index contributed by atoms with van der Waals surface area (Å²) in [4.78, 5) is 24.2. The maximum Gasteiger partial charge on any atom is 0.338 e. The van der Waals surface area contributed by atoms with Gasteiger partial charge in [0.1, 0.15) is 11.9 Å². The van der Waals surface area contributed by atoms with Gasteiger partial charge in [-0.15, -0.1) is 0 Å². The van der Waals surface area contributed by atoms with Gasteiger partial charge in [-0.25, -0.2) is 4.79 Å². The van der Waals surface area contributed by atoms with Crippen molar-refractivity contribution in [2.45, 2.75) is 26.4 Å². The standard InChI is InChI=1S/C22H20N2O5/c1-3-27-22(26)14-4-7-17(8-5-14)23-21(25)18-12-20(29-24-18)15-6-9-19-16(11-15)10-13(2)28-19/h4-9,11-13H,3,10H2,1-2H3,(H,23,25). The third kappa shape index (κ3) is 3.99. The Hall–Kier alpha value is -3.61. The number of ether oxygens (including phenoxy) is 2. The van der Waals surface area contributed by atoms with E-state index < -0.39 is 11.9 Å².